The predicted octanol–water partition coefficient (Wildman–Crippen LogP) is 2.25. The zero-order chi connectivity index (χ0) is 12.8. The molecule has 0 aliphatic heterocycles. The number of anilines is 1. The SMILES string of the molecule is CN(C)C=C(C#N)C(=O)Nc1cccc(Cl)c1. The van der Waals surface area contributed by atoms with E-state index in [1.54, 1.807) is 43.3 Å². The highest BCUT2D eigenvalue weighted by atomic mass is 35.5. The van der Waals surface area contributed by atoms with Gasteiger partial charge in [0.15, 0.2) is 0 Å². The van der Waals surface area contributed by atoms with E-state index in [2.05, 4.69) is 5.32 Å². The second kappa shape index (κ2) is 5.92. The predicted molar refractivity (Wildman–Crippen MR) is 67.5 cm³/mol. The number of amides is 1. The summed E-state index contributed by atoms with van der Waals surface area (Å²) >= 11 is 5.79. The number of hydrogen-bond donors (Lipinski definition) is 1. The van der Waals surface area contributed by atoms with Crippen molar-refractivity contribution in [3.63, 3.8) is 0 Å². The van der Waals surface area contributed by atoms with Gasteiger partial charge in [0.1, 0.15) is 11.6 Å². The average Bonchev–Trinajstić information content (AvgIpc) is 2.25. The third-order valence-electron chi connectivity index (χ3n) is 1.83. The summed E-state index contributed by atoms with van der Waals surface area (Å²) < 4.78 is 0. The number of carbonyl (C=O) groups is 1. The molecule has 1 aromatic rings. The summed E-state index contributed by atoms with van der Waals surface area (Å²) in [5.74, 6) is -0.455. The monoisotopic (exact) mass is 249 g/mol. The molecule has 1 rings (SSSR count). The van der Waals surface area contributed by atoms with Gasteiger partial charge in [0.05, 0.1) is 0 Å². The molecule has 0 heterocycles. The van der Waals surface area contributed by atoms with E-state index in [-0.39, 0.29) is 5.57 Å². The number of nitrogens with zero attached hydrogens (tertiary/aromatic N) is 2. The number of carbonyl (C=O) groups excluding carboxylic acids is 1. The Hall–Kier alpha value is -1.99. The molecule has 0 aromatic heterocycles. The van der Waals surface area contributed by atoms with Gasteiger partial charge >= 0.3 is 0 Å². The maximum absolute atomic E-state index is 11.7. The van der Waals surface area contributed by atoms with Crippen LogP contribution in [-0.2, 0) is 4.79 Å². The van der Waals surface area contributed by atoms with E-state index in [0.29, 0.717) is 10.7 Å². The Kier molecular flexibility index (Phi) is 4.56. The van der Waals surface area contributed by atoms with Gasteiger partial charge in [-0.1, -0.05) is 17.7 Å². The highest BCUT2D eigenvalue weighted by molar-refractivity contribution is 6.31. The number of rotatable bonds is 3. The Morgan fingerprint density at radius 3 is 2.76 bits per heavy atom. The summed E-state index contributed by atoms with van der Waals surface area (Å²) in [6.07, 6.45) is 1.46. The highest BCUT2D eigenvalue weighted by Gasteiger charge is 2.09. The molecule has 1 N–H and O–H groups in total. The van der Waals surface area contributed by atoms with Crippen LogP contribution in [0.1, 0.15) is 0 Å². The fraction of sp³-hybridized carbons (Fsp3) is 0.167. The van der Waals surface area contributed by atoms with Crippen molar-refractivity contribution in [3.05, 3.63) is 41.1 Å². The second-order valence-electron chi connectivity index (χ2n) is 3.58. The lowest BCUT2D eigenvalue weighted by Crippen LogP contribution is -2.16. The zero-order valence-corrected chi connectivity index (χ0v) is 10.3. The first kappa shape index (κ1) is 13.1. The summed E-state index contributed by atoms with van der Waals surface area (Å²) in [5.41, 5.74) is 0.595. The third kappa shape index (κ3) is 4.17. The van der Waals surface area contributed by atoms with Crippen molar-refractivity contribution in [1.82, 2.24) is 4.90 Å². The van der Waals surface area contributed by atoms with Crippen LogP contribution in [0, 0.1) is 11.3 Å². The summed E-state index contributed by atoms with van der Waals surface area (Å²) in [5, 5.41) is 12.0. The Morgan fingerprint density at radius 2 is 2.24 bits per heavy atom. The van der Waals surface area contributed by atoms with Crippen LogP contribution in [0.4, 0.5) is 5.69 Å². The van der Waals surface area contributed by atoms with Crippen molar-refractivity contribution >= 4 is 23.2 Å². The molecule has 0 aliphatic rings. The van der Waals surface area contributed by atoms with Gasteiger partial charge in [-0.25, -0.2) is 0 Å². The fourth-order valence-electron chi connectivity index (χ4n) is 1.16. The number of nitriles is 1. The van der Waals surface area contributed by atoms with Crippen molar-refractivity contribution in [2.45, 2.75) is 0 Å². The largest absolute Gasteiger partial charge is 0.382 e. The zero-order valence-electron chi connectivity index (χ0n) is 9.57. The van der Waals surface area contributed by atoms with Gasteiger partial charge in [-0.05, 0) is 18.2 Å². The van der Waals surface area contributed by atoms with E-state index in [1.165, 1.54) is 6.20 Å². The molecule has 0 spiro atoms. The Labute approximate surface area is 105 Å². The van der Waals surface area contributed by atoms with Gasteiger partial charge in [0.25, 0.3) is 5.91 Å². The first-order valence-corrected chi connectivity index (χ1v) is 5.26. The Balaban J connectivity index is 2.82. The summed E-state index contributed by atoms with van der Waals surface area (Å²) in [6.45, 7) is 0. The van der Waals surface area contributed by atoms with Crippen molar-refractivity contribution in [2.75, 3.05) is 19.4 Å². The number of halogens is 1. The molecule has 0 aliphatic carbocycles. The van der Waals surface area contributed by atoms with Crippen LogP contribution < -0.4 is 5.32 Å². The van der Waals surface area contributed by atoms with Crippen LogP contribution in [0.25, 0.3) is 0 Å². The second-order valence-corrected chi connectivity index (χ2v) is 4.02. The third-order valence-corrected chi connectivity index (χ3v) is 2.07. The number of hydrogen-bond acceptors (Lipinski definition) is 3. The molecule has 0 radical (unpaired) electrons. The maximum Gasteiger partial charge on any atom is 0.267 e. The molecule has 88 valence electrons. The molecule has 1 amide bonds. The minimum Gasteiger partial charge on any atom is -0.382 e. The van der Waals surface area contributed by atoms with E-state index >= 15 is 0 Å². The van der Waals surface area contributed by atoms with Crippen LogP contribution >= 0.6 is 11.6 Å². The average molecular weight is 250 g/mol. The molecule has 1 aromatic carbocycles. The van der Waals surface area contributed by atoms with E-state index in [9.17, 15) is 4.79 Å². The van der Waals surface area contributed by atoms with Gasteiger partial charge in [-0.2, -0.15) is 5.26 Å². The lowest BCUT2D eigenvalue weighted by Gasteiger charge is -2.07. The highest BCUT2D eigenvalue weighted by Crippen LogP contribution is 2.15. The minimum absolute atomic E-state index is 0.0370. The van der Waals surface area contributed by atoms with Crippen molar-refractivity contribution in [1.29, 1.82) is 5.26 Å². The molecule has 0 saturated carbocycles. The smallest absolute Gasteiger partial charge is 0.267 e. The summed E-state index contributed by atoms with van der Waals surface area (Å²) in [7, 11) is 3.48. The van der Waals surface area contributed by atoms with Gasteiger partial charge in [-0.15, -0.1) is 0 Å². The fourth-order valence-corrected chi connectivity index (χ4v) is 1.35. The van der Waals surface area contributed by atoms with Gasteiger partial charge in [-0.3, -0.25) is 4.79 Å². The molecular formula is C12H12ClN3O. The maximum atomic E-state index is 11.7. The molecule has 0 saturated heterocycles. The van der Waals surface area contributed by atoms with Crippen LogP contribution in [0.15, 0.2) is 36.0 Å². The van der Waals surface area contributed by atoms with Crippen LogP contribution in [0.2, 0.25) is 5.02 Å². The minimum atomic E-state index is -0.455. The van der Waals surface area contributed by atoms with E-state index in [0.717, 1.165) is 0 Å². The van der Waals surface area contributed by atoms with E-state index in [1.807, 2.05) is 6.07 Å². The topological polar surface area (TPSA) is 56.1 Å². The van der Waals surface area contributed by atoms with Crippen molar-refractivity contribution < 1.29 is 4.79 Å². The van der Waals surface area contributed by atoms with Crippen LogP contribution in [0.3, 0.4) is 0 Å². The normalized spacial score (nSPS) is 10.6. The van der Waals surface area contributed by atoms with Gasteiger partial charge < -0.3 is 10.2 Å². The Morgan fingerprint density at radius 1 is 1.53 bits per heavy atom. The molecule has 0 fully saturated rings. The first-order chi connectivity index (χ1) is 8.02. The molecule has 0 atom stereocenters. The Bertz CT molecular complexity index is 489. The van der Waals surface area contributed by atoms with E-state index in [4.69, 9.17) is 16.9 Å². The van der Waals surface area contributed by atoms with Gasteiger partial charge in [0, 0.05) is 31.0 Å². The molecule has 0 unspecified atom stereocenters. The number of benzene rings is 1. The lowest BCUT2D eigenvalue weighted by molar-refractivity contribution is -0.112. The van der Waals surface area contributed by atoms with Crippen LogP contribution in [-0.4, -0.2) is 24.9 Å². The molecular weight excluding hydrogens is 238 g/mol. The quantitative estimate of drug-likeness (QED) is 0.660. The lowest BCUT2D eigenvalue weighted by atomic mass is 10.2. The summed E-state index contributed by atoms with van der Waals surface area (Å²) in [6, 6.07) is 8.59. The van der Waals surface area contributed by atoms with E-state index < -0.39 is 5.91 Å². The molecule has 0 bridgehead atoms. The molecule has 5 heteroatoms. The first-order valence-electron chi connectivity index (χ1n) is 4.88. The standard InChI is InChI=1S/C12H12ClN3O/c1-16(2)8-9(7-14)12(17)15-11-5-3-4-10(13)6-11/h3-6,8H,1-2H3,(H,15,17). The van der Waals surface area contributed by atoms with Crippen molar-refractivity contribution in [2.24, 2.45) is 0 Å². The van der Waals surface area contributed by atoms with Crippen molar-refractivity contribution in [3.8, 4) is 6.07 Å². The molecule has 17 heavy (non-hydrogen) atoms. The summed E-state index contributed by atoms with van der Waals surface area (Å²) in [4.78, 5) is 13.4. The van der Waals surface area contributed by atoms with Gasteiger partial charge in [0.2, 0.25) is 0 Å². The molecule has 4 nitrogen and oxygen atoms in total. The van der Waals surface area contributed by atoms with Crippen LogP contribution in [0.5, 0.6) is 0 Å². The number of nitrogens with one attached hydrogen (secondary N) is 1.